The predicted octanol–water partition coefficient (Wildman–Crippen LogP) is 2.57. The van der Waals surface area contributed by atoms with E-state index in [0.717, 1.165) is 32.1 Å². The van der Waals surface area contributed by atoms with Gasteiger partial charge < -0.3 is 10.4 Å². The highest BCUT2D eigenvalue weighted by molar-refractivity contribution is 5.85. The van der Waals surface area contributed by atoms with Gasteiger partial charge in [-0.15, -0.1) is 0 Å². The van der Waals surface area contributed by atoms with Crippen LogP contribution in [-0.2, 0) is 9.59 Å². The second-order valence-corrected chi connectivity index (χ2v) is 6.21. The molecule has 0 saturated heterocycles. The molecule has 0 aromatic carbocycles. The minimum atomic E-state index is -0.809. The summed E-state index contributed by atoms with van der Waals surface area (Å²) in [5.74, 6) is -1.11. The molecule has 0 aliphatic heterocycles. The Bertz CT molecular complexity index is 342. The van der Waals surface area contributed by atoms with Gasteiger partial charge in [-0.05, 0) is 31.6 Å². The van der Waals surface area contributed by atoms with Crippen LogP contribution in [0.15, 0.2) is 0 Å². The van der Waals surface area contributed by atoms with Crippen molar-refractivity contribution < 1.29 is 14.7 Å². The largest absolute Gasteiger partial charge is 0.481 e. The van der Waals surface area contributed by atoms with Gasteiger partial charge in [0.1, 0.15) is 0 Å². The smallest absolute Gasteiger partial charge is 0.307 e. The molecule has 4 atom stereocenters. The number of aliphatic carboxylic acids is 1. The van der Waals surface area contributed by atoms with Crippen LogP contribution >= 0.6 is 0 Å². The second-order valence-electron chi connectivity index (χ2n) is 6.21. The van der Waals surface area contributed by atoms with E-state index in [1.54, 1.807) is 0 Å². The lowest BCUT2D eigenvalue weighted by molar-refractivity contribution is -0.149. The third-order valence-electron chi connectivity index (χ3n) is 4.86. The summed E-state index contributed by atoms with van der Waals surface area (Å²) in [5, 5.41) is 12.4. The first-order valence-corrected chi connectivity index (χ1v) is 7.62. The van der Waals surface area contributed by atoms with Gasteiger partial charge in [0, 0.05) is 6.04 Å². The topological polar surface area (TPSA) is 66.4 Å². The van der Waals surface area contributed by atoms with Gasteiger partial charge in [0.25, 0.3) is 0 Å². The van der Waals surface area contributed by atoms with Crippen LogP contribution in [-0.4, -0.2) is 23.0 Å². The third kappa shape index (κ3) is 3.48. The van der Waals surface area contributed by atoms with Crippen LogP contribution in [0.4, 0.5) is 0 Å². The molecule has 0 heterocycles. The fourth-order valence-corrected chi connectivity index (χ4v) is 3.56. The minimum Gasteiger partial charge on any atom is -0.481 e. The molecule has 108 valence electrons. The molecule has 2 aliphatic rings. The van der Waals surface area contributed by atoms with Crippen LogP contribution in [0, 0.1) is 17.8 Å². The van der Waals surface area contributed by atoms with E-state index in [0.29, 0.717) is 12.3 Å². The van der Waals surface area contributed by atoms with E-state index in [-0.39, 0.29) is 17.9 Å². The molecule has 2 rings (SSSR count). The highest BCUT2D eigenvalue weighted by atomic mass is 16.4. The summed E-state index contributed by atoms with van der Waals surface area (Å²) in [6.07, 6.45) is 7.90. The zero-order valence-corrected chi connectivity index (χ0v) is 11.7. The van der Waals surface area contributed by atoms with Crippen LogP contribution in [0.2, 0.25) is 0 Å². The van der Waals surface area contributed by atoms with E-state index in [1.165, 1.54) is 12.8 Å². The molecule has 2 fully saturated rings. The number of carbonyl (C=O) groups is 2. The van der Waals surface area contributed by atoms with Crippen LogP contribution in [0.3, 0.4) is 0 Å². The quantitative estimate of drug-likeness (QED) is 0.826. The Hall–Kier alpha value is -1.06. The van der Waals surface area contributed by atoms with Gasteiger partial charge >= 0.3 is 5.97 Å². The van der Waals surface area contributed by atoms with Crippen molar-refractivity contribution in [3.8, 4) is 0 Å². The van der Waals surface area contributed by atoms with Crippen molar-refractivity contribution in [2.24, 2.45) is 17.8 Å². The average Bonchev–Trinajstić information content (AvgIpc) is 2.41. The predicted molar refractivity (Wildman–Crippen MR) is 72.6 cm³/mol. The maximum atomic E-state index is 12.4. The first-order valence-electron chi connectivity index (χ1n) is 7.62. The minimum absolute atomic E-state index is 0.0224. The molecule has 19 heavy (non-hydrogen) atoms. The zero-order chi connectivity index (χ0) is 13.8. The second kappa shape index (κ2) is 6.40. The number of carbonyl (C=O) groups excluding carboxylic acids is 1. The number of rotatable bonds is 3. The molecule has 2 saturated carbocycles. The number of hydrogen-bond donors (Lipinski definition) is 2. The fraction of sp³-hybridized carbons (Fsp3) is 0.867. The summed E-state index contributed by atoms with van der Waals surface area (Å²) in [4.78, 5) is 23.6. The van der Waals surface area contributed by atoms with Gasteiger partial charge in [-0.3, -0.25) is 9.59 Å². The summed E-state index contributed by atoms with van der Waals surface area (Å²) >= 11 is 0. The molecule has 0 radical (unpaired) electrons. The molecule has 2 N–H and O–H groups in total. The molecule has 0 aromatic heterocycles. The first kappa shape index (κ1) is 14.4. The van der Waals surface area contributed by atoms with E-state index >= 15 is 0 Å². The number of carboxylic acids is 1. The van der Waals surface area contributed by atoms with Crippen molar-refractivity contribution in [1.29, 1.82) is 0 Å². The molecular formula is C15H25NO3. The molecular weight excluding hydrogens is 242 g/mol. The molecule has 0 spiro atoms. The van der Waals surface area contributed by atoms with Crippen molar-refractivity contribution in [1.82, 2.24) is 5.32 Å². The number of amides is 1. The van der Waals surface area contributed by atoms with E-state index in [9.17, 15) is 14.7 Å². The van der Waals surface area contributed by atoms with Crippen LogP contribution in [0.25, 0.3) is 0 Å². The summed E-state index contributed by atoms with van der Waals surface area (Å²) in [5.41, 5.74) is 0. The Balaban J connectivity index is 1.95. The van der Waals surface area contributed by atoms with Gasteiger partial charge in [-0.25, -0.2) is 0 Å². The summed E-state index contributed by atoms with van der Waals surface area (Å²) < 4.78 is 0. The highest BCUT2D eigenvalue weighted by Crippen LogP contribution is 2.31. The van der Waals surface area contributed by atoms with Gasteiger partial charge in [-0.1, -0.05) is 32.6 Å². The van der Waals surface area contributed by atoms with Gasteiger partial charge in [-0.2, -0.15) is 0 Å². The summed E-state index contributed by atoms with van der Waals surface area (Å²) in [6.45, 7) is 2.18. The molecule has 1 amide bonds. The van der Waals surface area contributed by atoms with Crippen molar-refractivity contribution in [3.63, 3.8) is 0 Å². The van der Waals surface area contributed by atoms with Gasteiger partial charge in [0.05, 0.1) is 11.8 Å². The van der Waals surface area contributed by atoms with Crippen molar-refractivity contribution in [3.05, 3.63) is 0 Å². The Morgan fingerprint density at radius 1 is 0.947 bits per heavy atom. The summed E-state index contributed by atoms with van der Waals surface area (Å²) in [7, 11) is 0. The standard InChI is InChI=1S/C15H25NO3/c1-10-6-2-5-9-13(10)16-14(17)11-7-3-4-8-12(11)15(18)19/h10-13H,2-9H2,1H3,(H,16,17)(H,18,19). The monoisotopic (exact) mass is 267 g/mol. The molecule has 2 aliphatic carbocycles. The lowest BCUT2D eigenvalue weighted by atomic mass is 9.78. The number of carboxylic acid groups (broad SMARTS) is 1. The zero-order valence-electron chi connectivity index (χ0n) is 11.7. The molecule has 4 nitrogen and oxygen atoms in total. The molecule has 0 bridgehead atoms. The van der Waals surface area contributed by atoms with E-state index < -0.39 is 11.9 Å². The SMILES string of the molecule is CC1CCCCC1NC(=O)C1CCCCC1C(=O)O. The third-order valence-corrected chi connectivity index (χ3v) is 4.86. The van der Waals surface area contributed by atoms with Crippen LogP contribution in [0.1, 0.15) is 58.3 Å². The molecule has 4 unspecified atom stereocenters. The Morgan fingerprint density at radius 2 is 1.53 bits per heavy atom. The Morgan fingerprint density at radius 3 is 2.16 bits per heavy atom. The van der Waals surface area contributed by atoms with Crippen molar-refractivity contribution in [2.45, 2.75) is 64.3 Å². The van der Waals surface area contributed by atoms with Crippen LogP contribution in [0.5, 0.6) is 0 Å². The lowest BCUT2D eigenvalue weighted by Crippen LogP contribution is -2.47. The average molecular weight is 267 g/mol. The van der Waals surface area contributed by atoms with Gasteiger partial charge in [0.2, 0.25) is 5.91 Å². The first-order chi connectivity index (χ1) is 9.09. The van der Waals surface area contributed by atoms with Gasteiger partial charge in [0.15, 0.2) is 0 Å². The Kier molecular flexibility index (Phi) is 4.83. The normalized spacial score (nSPS) is 35.6. The van der Waals surface area contributed by atoms with E-state index in [2.05, 4.69) is 12.2 Å². The maximum absolute atomic E-state index is 12.4. The lowest BCUT2D eigenvalue weighted by Gasteiger charge is -2.33. The van der Waals surface area contributed by atoms with Crippen molar-refractivity contribution in [2.75, 3.05) is 0 Å². The summed E-state index contributed by atoms with van der Waals surface area (Å²) in [6, 6.07) is 0.248. The highest BCUT2D eigenvalue weighted by Gasteiger charge is 2.37. The maximum Gasteiger partial charge on any atom is 0.307 e. The van der Waals surface area contributed by atoms with E-state index in [1.807, 2.05) is 0 Å². The molecule has 4 heteroatoms. The van der Waals surface area contributed by atoms with Crippen LogP contribution < -0.4 is 5.32 Å². The van der Waals surface area contributed by atoms with E-state index in [4.69, 9.17) is 0 Å². The fourth-order valence-electron chi connectivity index (χ4n) is 3.56. The molecule has 0 aromatic rings. The van der Waals surface area contributed by atoms with Crippen molar-refractivity contribution >= 4 is 11.9 Å². The number of hydrogen-bond acceptors (Lipinski definition) is 2. The number of nitrogens with one attached hydrogen (secondary N) is 1. The Labute approximate surface area is 115 Å².